The fourth-order valence-electron chi connectivity index (χ4n) is 7.09. The smallest absolute Gasteiger partial charge is 0.247 e. The Morgan fingerprint density at radius 2 is 1.10 bits per heavy atom. The molecule has 3 rings (SSSR count). The number of aromatic amines is 1. The van der Waals surface area contributed by atoms with Gasteiger partial charge in [0.2, 0.25) is 0 Å². The first kappa shape index (κ1) is 34.1. The first-order valence-corrected chi connectivity index (χ1v) is 17.8. The Hall–Kier alpha value is -2.35. The molecule has 42 heavy (non-hydrogen) atoms. The number of hydrogen-bond acceptors (Lipinski definition) is 0. The molecule has 0 bridgehead atoms. The summed E-state index contributed by atoms with van der Waals surface area (Å²) >= 11 is 0. The molecule has 0 radical (unpaired) electrons. The van der Waals surface area contributed by atoms with Gasteiger partial charge in [0.05, 0.1) is 12.5 Å². The SMILES string of the molecule is CCCCCCCCCCCCCCCCCCC[n+]1cc[nH]c1C(CC)C(C)(Cc1ccccc1)c1ccccc1. The summed E-state index contributed by atoms with van der Waals surface area (Å²) in [7, 11) is 0. The van der Waals surface area contributed by atoms with Gasteiger partial charge in [0.25, 0.3) is 5.82 Å². The minimum atomic E-state index is 0.0121. The second kappa shape index (κ2) is 20.5. The van der Waals surface area contributed by atoms with Gasteiger partial charge in [-0.2, -0.15) is 0 Å². The summed E-state index contributed by atoms with van der Waals surface area (Å²) in [4.78, 5) is 3.69. The summed E-state index contributed by atoms with van der Waals surface area (Å²) < 4.78 is 2.52. The van der Waals surface area contributed by atoms with E-state index in [9.17, 15) is 0 Å². The molecule has 1 aromatic heterocycles. The van der Waals surface area contributed by atoms with E-state index in [-0.39, 0.29) is 5.41 Å². The number of aryl methyl sites for hydroxylation is 1. The van der Waals surface area contributed by atoms with Gasteiger partial charge in [-0.3, -0.25) is 0 Å². The Morgan fingerprint density at radius 3 is 1.60 bits per heavy atom. The van der Waals surface area contributed by atoms with Crippen LogP contribution in [-0.2, 0) is 18.4 Å². The Labute approximate surface area is 259 Å². The number of benzene rings is 2. The van der Waals surface area contributed by atoms with Crippen molar-refractivity contribution in [3.05, 3.63) is 90.0 Å². The molecular formula is C40H63N2+. The minimum Gasteiger partial charge on any atom is -0.247 e. The summed E-state index contributed by atoms with van der Waals surface area (Å²) in [5.74, 6) is 1.80. The van der Waals surface area contributed by atoms with Crippen molar-refractivity contribution in [2.45, 2.75) is 161 Å². The van der Waals surface area contributed by atoms with Gasteiger partial charge in [-0.1, -0.05) is 178 Å². The lowest BCUT2D eigenvalue weighted by Crippen LogP contribution is -2.43. The number of rotatable bonds is 24. The maximum Gasteiger partial charge on any atom is 0.258 e. The van der Waals surface area contributed by atoms with Crippen LogP contribution in [0.15, 0.2) is 73.1 Å². The standard InChI is InChI=1S/C40H62N2/c1-4-6-7-8-9-10-11-12-13-14-15-16-17-18-19-20-27-33-42-34-32-41-39(42)38(5-2)40(3,37-30-25-22-26-31-37)35-36-28-23-21-24-29-36/h21-26,28-32,34,38H,4-20,27,33,35H2,1-3H3/p+1. The molecule has 0 saturated carbocycles. The molecule has 2 nitrogen and oxygen atoms in total. The van der Waals surface area contributed by atoms with Gasteiger partial charge in [0.1, 0.15) is 12.4 Å². The number of unbranched alkanes of at least 4 members (excludes halogenated alkanes) is 16. The van der Waals surface area contributed by atoms with Crippen molar-refractivity contribution < 1.29 is 4.57 Å². The lowest BCUT2D eigenvalue weighted by atomic mass is 9.66. The third-order valence-electron chi connectivity index (χ3n) is 9.65. The summed E-state index contributed by atoms with van der Waals surface area (Å²) in [6.07, 6.45) is 30.7. The molecule has 0 aliphatic carbocycles. The van der Waals surface area contributed by atoms with E-state index in [2.05, 4.69) is 103 Å². The van der Waals surface area contributed by atoms with E-state index in [0.29, 0.717) is 5.92 Å². The molecule has 2 aromatic carbocycles. The average molecular weight is 572 g/mol. The average Bonchev–Trinajstić information content (AvgIpc) is 3.48. The number of imidazole rings is 1. The fraction of sp³-hybridized carbons (Fsp3) is 0.625. The van der Waals surface area contributed by atoms with Crippen LogP contribution in [0.1, 0.15) is 159 Å². The van der Waals surface area contributed by atoms with Crippen molar-refractivity contribution in [1.82, 2.24) is 4.98 Å². The lowest BCUT2D eigenvalue weighted by molar-refractivity contribution is -0.705. The highest BCUT2D eigenvalue weighted by Gasteiger charge is 2.41. The molecule has 0 amide bonds. The number of aromatic nitrogens is 2. The zero-order valence-electron chi connectivity index (χ0n) is 27.6. The van der Waals surface area contributed by atoms with Gasteiger partial charge in [0.15, 0.2) is 0 Å². The fourth-order valence-corrected chi connectivity index (χ4v) is 7.09. The topological polar surface area (TPSA) is 19.7 Å². The maximum absolute atomic E-state index is 3.69. The zero-order valence-corrected chi connectivity index (χ0v) is 27.6. The first-order chi connectivity index (χ1) is 20.7. The van der Waals surface area contributed by atoms with Crippen LogP contribution in [0.3, 0.4) is 0 Å². The van der Waals surface area contributed by atoms with Crippen molar-refractivity contribution in [2.75, 3.05) is 0 Å². The van der Waals surface area contributed by atoms with Crippen LogP contribution in [0.5, 0.6) is 0 Å². The summed E-state index contributed by atoms with van der Waals surface area (Å²) in [6, 6.07) is 22.2. The second-order valence-electron chi connectivity index (χ2n) is 13.1. The largest absolute Gasteiger partial charge is 0.258 e. The molecule has 0 fully saturated rings. The Morgan fingerprint density at radius 1 is 0.619 bits per heavy atom. The van der Waals surface area contributed by atoms with Gasteiger partial charge in [-0.05, 0) is 36.8 Å². The van der Waals surface area contributed by atoms with Crippen LogP contribution < -0.4 is 4.57 Å². The molecule has 2 heteroatoms. The molecule has 2 atom stereocenters. The predicted octanol–water partition coefficient (Wildman–Crippen LogP) is 11.6. The molecule has 1 heterocycles. The highest BCUT2D eigenvalue weighted by molar-refractivity contribution is 5.32. The molecule has 232 valence electrons. The van der Waals surface area contributed by atoms with E-state index in [1.807, 2.05) is 0 Å². The minimum absolute atomic E-state index is 0.0121. The van der Waals surface area contributed by atoms with Gasteiger partial charge in [-0.15, -0.1) is 0 Å². The zero-order chi connectivity index (χ0) is 29.7. The third kappa shape index (κ3) is 11.7. The predicted molar refractivity (Wildman–Crippen MR) is 182 cm³/mol. The third-order valence-corrected chi connectivity index (χ3v) is 9.65. The molecule has 2 unspecified atom stereocenters. The monoisotopic (exact) mass is 571 g/mol. The summed E-state index contributed by atoms with van der Waals surface area (Å²) in [6.45, 7) is 8.25. The normalized spacial score (nSPS) is 13.7. The highest BCUT2D eigenvalue weighted by Crippen LogP contribution is 2.42. The highest BCUT2D eigenvalue weighted by atomic mass is 15.1. The maximum atomic E-state index is 3.69. The lowest BCUT2D eigenvalue weighted by Gasteiger charge is -2.36. The number of nitrogens with one attached hydrogen (secondary N) is 1. The quantitative estimate of drug-likeness (QED) is 0.0815. The Kier molecular flexibility index (Phi) is 16.7. The van der Waals surface area contributed by atoms with Crippen LogP contribution in [0.25, 0.3) is 0 Å². The molecular weight excluding hydrogens is 508 g/mol. The van der Waals surface area contributed by atoms with Gasteiger partial charge >= 0.3 is 0 Å². The van der Waals surface area contributed by atoms with Crippen LogP contribution in [0.2, 0.25) is 0 Å². The van der Waals surface area contributed by atoms with Crippen LogP contribution in [0, 0.1) is 0 Å². The number of hydrogen-bond donors (Lipinski definition) is 1. The number of nitrogens with zero attached hydrogens (tertiary/aromatic N) is 1. The summed E-state index contributed by atoms with van der Waals surface area (Å²) in [5.41, 5.74) is 2.85. The van der Waals surface area contributed by atoms with Gasteiger partial charge in [-0.25, -0.2) is 9.55 Å². The van der Waals surface area contributed by atoms with Crippen LogP contribution in [0.4, 0.5) is 0 Å². The van der Waals surface area contributed by atoms with E-state index < -0.39 is 0 Å². The molecule has 0 aliphatic heterocycles. The van der Waals surface area contributed by atoms with Gasteiger partial charge < -0.3 is 0 Å². The molecule has 0 aliphatic rings. The number of H-pyrrole nitrogens is 1. The molecule has 0 spiro atoms. The van der Waals surface area contributed by atoms with Crippen molar-refractivity contribution >= 4 is 0 Å². The van der Waals surface area contributed by atoms with E-state index in [1.54, 1.807) is 0 Å². The van der Waals surface area contributed by atoms with E-state index >= 15 is 0 Å². The molecule has 0 saturated heterocycles. The Balaban J connectivity index is 1.37. The van der Waals surface area contributed by atoms with Crippen molar-refractivity contribution in [3.8, 4) is 0 Å². The Bertz CT molecular complexity index is 1040. The van der Waals surface area contributed by atoms with Crippen LogP contribution in [-0.4, -0.2) is 4.98 Å². The van der Waals surface area contributed by atoms with Crippen LogP contribution >= 0.6 is 0 Å². The molecule has 1 N–H and O–H groups in total. The second-order valence-corrected chi connectivity index (χ2v) is 13.1. The van der Waals surface area contributed by atoms with E-state index in [0.717, 1.165) is 19.4 Å². The van der Waals surface area contributed by atoms with Gasteiger partial charge in [0, 0.05) is 5.41 Å². The first-order valence-electron chi connectivity index (χ1n) is 17.8. The molecule has 3 aromatic rings. The van der Waals surface area contributed by atoms with E-state index in [1.165, 1.54) is 126 Å². The van der Waals surface area contributed by atoms with Crippen molar-refractivity contribution in [3.63, 3.8) is 0 Å². The summed E-state index contributed by atoms with van der Waals surface area (Å²) in [5, 5.41) is 0. The van der Waals surface area contributed by atoms with Crippen molar-refractivity contribution in [1.29, 1.82) is 0 Å². The van der Waals surface area contributed by atoms with E-state index in [4.69, 9.17) is 0 Å². The van der Waals surface area contributed by atoms with Crippen molar-refractivity contribution in [2.24, 2.45) is 0 Å².